The number of carbonyl (C=O) groups is 3. The van der Waals surface area contributed by atoms with Crippen LogP contribution in [-0.4, -0.2) is 70.4 Å². The van der Waals surface area contributed by atoms with E-state index in [0.717, 1.165) is 16.9 Å². The number of carboxylic acid groups (broad SMARTS) is 1. The Kier molecular flexibility index (Phi) is 6.38. The maximum absolute atomic E-state index is 12.8. The van der Waals surface area contributed by atoms with Crippen LogP contribution in [-0.2, 0) is 20.8 Å². The molecule has 12 nitrogen and oxygen atoms in total. The number of H-pyrrole nitrogens is 1. The fourth-order valence-electron chi connectivity index (χ4n) is 3.17. The van der Waals surface area contributed by atoms with Crippen LogP contribution in [0.25, 0.3) is 0 Å². The molecule has 2 aromatic rings. The predicted octanol–water partition coefficient (Wildman–Crippen LogP) is 0.646. The van der Waals surface area contributed by atoms with Gasteiger partial charge in [0.15, 0.2) is 10.8 Å². The lowest BCUT2D eigenvalue weighted by Crippen LogP contribution is -2.57. The minimum Gasteiger partial charge on any atom is -0.477 e. The van der Waals surface area contributed by atoms with Crippen LogP contribution < -0.4 is 11.1 Å². The van der Waals surface area contributed by atoms with E-state index in [1.807, 2.05) is 0 Å². The smallest absolute Gasteiger partial charge is 0.353 e. The van der Waals surface area contributed by atoms with Crippen molar-refractivity contribution < 1.29 is 24.7 Å². The quantitative estimate of drug-likeness (QED) is 0.151. The third kappa shape index (κ3) is 4.31. The lowest BCUT2D eigenvalue weighted by atomic mass is 10.1. The van der Waals surface area contributed by atoms with Crippen LogP contribution in [0.1, 0.15) is 17.7 Å². The van der Waals surface area contributed by atoms with E-state index in [4.69, 9.17) is 5.73 Å². The van der Waals surface area contributed by atoms with Gasteiger partial charge in [-0.3, -0.25) is 19.6 Å². The molecular weight excluding hydrogens is 478 g/mol. The standard InChI is InChI=1S/C17H17N7O5S3/c18-17-21-8(6-31-17)11(23-29)14(26)22-15-13(30-2-1-7-4-19-20-5-7)12(16(27)28)24-9(25)3-10(24)32-15/h4-6,10,15,29H,1-3H2,(H2,18,21)(H,19,20)(H,22,26)(H,27,28)/b23-11-/t10-,15?/m1/s1. The van der Waals surface area contributed by atoms with E-state index >= 15 is 0 Å². The number of nitrogen functional groups attached to an aromatic ring is 1. The second-order valence-corrected chi connectivity index (χ2v) is 9.97. The number of oxime groups is 1. The Morgan fingerprint density at radius 3 is 2.88 bits per heavy atom. The molecule has 15 heteroatoms. The van der Waals surface area contributed by atoms with Crippen LogP contribution in [0.5, 0.6) is 0 Å². The Morgan fingerprint density at radius 1 is 1.47 bits per heavy atom. The predicted molar refractivity (Wildman–Crippen MR) is 119 cm³/mol. The van der Waals surface area contributed by atoms with E-state index in [1.165, 1.54) is 33.8 Å². The van der Waals surface area contributed by atoms with Gasteiger partial charge >= 0.3 is 5.97 Å². The molecule has 4 heterocycles. The largest absolute Gasteiger partial charge is 0.477 e. The molecule has 0 aromatic carbocycles. The number of aromatic amines is 1. The molecule has 2 aliphatic rings. The number of aliphatic carboxylic acids is 1. The van der Waals surface area contributed by atoms with Crippen molar-refractivity contribution in [3.05, 3.63) is 39.6 Å². The first-order valence-corrected chi connectivity index (χ1v) is 12.0. The molecule has 0 saturated carbocycles. The number of rotatable bonds is 8. The zero-order valence-electron chi connectivity index (χ0n) is 16.2. The number of carbonyl (C=O) groups excluding carboxylic acids is 2. The monoisotopic (exact) mass is 495 g/mol. The van der Waals surface area contributed by atoms with Crippen LogP contribution in [0.15, 0.2) is 33.5 Å². The number of nitrogens with zero attached hydrogens (tertiary/aromatic N) is 4. The summed E-state index contributed by atoms with van der Waals surface area (Å²) in [6.45, 7) is 0. The number of thioether (sulfide) groups is 2. The van der Waals surface area contributed by atoms with Crippen molar-refractivity contribution in [2.75, 3.05) is 11.5 Å². The second kappa shape index (κ2) is 9.22. The van der Waals surface area contributed by atoms with Gasteiger partial charge in [-0.05, 0) is 12.0 Å². The van der Waals surface area contributed by atoms with Gasteiger partial charge in [0, 0.05) is 22.2 Å². The average molecular weight is 496 g/mol. The van der Waals surface area contributed by atoms with Crippen LogP contribution >= 0.6 is 34.9 Å². The highest BCUT2D eigenvalue weighted by molar-refractivity contribution is 8.06. The van der Waals surface area contributed by atoms with Gasteiger partial charge < -0.3 is 21.4 Å². The number of fused-ring (bicyclic) bond motifs is 1. The second-order valence-electron chi connectivity index (χ2n) is 6.65. The number of aromatic nitrogens is 3. The molecule has 2 aliphatic heterocycles. The molecule has 0 aliphatic carbocycles. The average Bonchev–Trinajstić information content (AvgIpc) is 3.41. The highest BCUT2D eigenvalue weighted by Gasteiger charge is 2.49. The Morgan fingerprint density at radius 2 is 2.28 bits per heavy atom. The fraction of sp³-hybridized carbons (Fsp3) is 0.294. The molecule has 168 valence electrons. The zero-order chi connectivity index (χ0) is 22.8. The van der Waals surface area contributed by atoms with Gasteiger partial charge in [0.05, 0.1) is 18.0 Å². The molecule has 32 heavy (non-hydrogen) atoms. The van der Waals surface area contributed by atoms with Gasteiger partial charge in [-0.2, -0.15) is 5.10 Å². The number of aryl methyl sites for hydroxylation is 1. The molecule has 6 N–H and O–H groups in total. The SMILES string of the molecule is Nc1nc(/C(=N/O)C(=O)NC2S[C@@H]3CC(=O)N3C(C(=O)O)=C2SCCc2cn[nH]c2)cs1. The number of hydrogen-bond acceptors (Lipinski definition) is 11. The summed E-state index contributed by atoms with van der Waals surface area (Å²) >= 11 is 3.57. The van der Waals surface area contributed by atoms with E-state index in [1.54, 1.807) is 12.4 Å². The zero-order valence-corrected chi connectivity index (χ0v) is 18.7. The van der Waals surface area contributed by atoms with E-state index in [9.17, 15) is 24.7 Å². The summed E-state index contributed by atoms with van der Waals surface area (Å²) in [5.74, 6) is -1.79. The van der Waals surface area contributed by atoms with Crippen molar-refractivity contribution >= 4 is 63.5 Å². The highest BCUT2D eigenvalue weighted by Crippen LogP contribution is 2.46. The molecule has 1 fully saturated rings. The van der Waals surface area contributed by atoms with Crippen molar-refractivity contribution in [3.63, 3.8) is 0 Å². The number of nitrogens with two attached hydrogens (primary N) is 1. The Balaban J connectivity index is 1.59. The van der Waals surface area contributed by atoms with Gasteiger partial charge in [0.25, 0.3) is 5.91 Å². The summed E-state index contributed by atoms with van der Waals surface area (Å²) in [4.78, 5) is 42.5. The summed E-state index contributed by atoms with van der Waals surface area (Å²) in [6.07, 6.45) is 4.17. The van der Waals surface area contributed by atoms with Crippen molar-refractivity contribution in [1.82, 2.24) is 25.4 Å². The number of anilines is 1. The third-order valence-electron chi connectivity index (χ3n) is 4.66. The third-order valence-corrected chi connectivity index (χ3v) is 7.95. The first kappa shape index (κ1) is 22.2. The van der Waals surface area contributed by atoms with E-state index in [-0.39, 0.29) is 34.6 Å². The summed E-state index contributed by atoms with van der Waals surface area (Å²) < 4.78 is 0. The molecule has 2 amide bonds. The number of amides is 2. The first-order chi connectivity index (χ1) is 15.4. The van der Waals surface area contributed by atoms with Crippen molar-refractivity contribution in [1.29, 1.82) is 0 Å². The molecule has 0 radical (unpaired) electrons. The summed E-state index contributed by atoms with van der Waals surface area (Å²) in [5, 5.41) is 32.1. The van der Waals surface area contributed by atoms with Crippen molar-refractivity contribution in [2.24, 2.45) is 5.16 Å². The van der Waals surface area contributed by atoms with Gasteiger partial charge in [0.1, 0.15) is 16.8 Å². The van der Waals surface area contributed by atoms with Gasteiger partial charge in [-0.25, -0.2) is 9.78 Å². The van der Waals surface area contributed by atoms with E-state index < -0.39 is 22.6 Å². The first-order valence-electron chi connectivity index (χ1n) is 9.18. The fourth-order valence-corrected chi connectivity index (χ4v) is 6.49. The number of β-lactam (4-membered cyclic amide) rings is 1. The Hall–Kier alpha value is -3.04. The minimum atomic E-state index is -1.25. The molecule has 1 saturated heterocycles. The van der Waals surface area contributed by atoms with Gasteiger partial charge in [-0.1, -0.05) is 5.16 Å². The molecule has 2 aromatic heterocycles. The number of carboxylic acids is 1. The summed E-state index contributed by atoms with van der Waals surface area (Å²) in [7, 11) is 0. The van der Waals surface area contributed by atoms with Crippen LogP contribution in [0.2, 0.25) is 0 Å². The maximum Gasteiger partial charge on any atom is 0.353 e. The van der Waals surface area contributed by atoms with E-state index in [0.29, 0.717) is 17.1 Å². The van der Waals surface area contributed by atoms with Crippen LogP contribution in [0.3, 0.4) is 0 Å². The van der Waals surface area contributed by atoms with Gasteiger partial charge in [-0.15, -0.1) is 34.9 Å². The minimum absolute atomic E-state index is 0.102. The molecule has 0 bridgehead atoms. The number of thiazole rings is 1. The summed E-state index contributed by atoms with van der Waals surface area (Å²) in [6, 6.07) is 0. The normalized spacial score (nSPS) is 20.7. The molecule has 4 rings (SSSR count). The molecule has 0 spiro atoms. The molecule has 1 unspecified atom stereocenters. The van der Waals surface area contributed by atoms with Crippen molar-refractivity contribution in [2.45, 2.75) is 23.6 Å². The Labute approximate surface area is 193 Å². The molecular formula is C17H17N7O5S3. The maximum atomic E-state index is 12.8. The van der Waals surface area contributed by atoms with Crippen LogP contribution in [0.4, 0.5) is 5.13 Å². The van der Waals surface area contributed by atoms with Gasteiger partial charge in [0.2, 0.25) is 5.91 Å². The topological polar surface area (TPSA) is 187 Å². The van der Waals surface area contributed by atoms with E-state index in [2.05, 4.69) is 25.7 Å². The Bertz CT molecular complexity index is 1110. The molecule has 2 atom stereocenters. The summed E-state index contributed by atoms with van der Waals surface area (Å²) in [5.41, 5.74) is 6.15. The number of hydrogen-bond donors (Lipinski definition) is 5. The lowest BCUT2D eigenvalue weighted by Gasteiger charge is -2.46. The highest BCUT2D eigenvalue weighted by atomic mass is 32.2. The van der Waals surface area contributed by atoms with Crippen LogP contribution in [0, 0.1) is 0 Å². The lowest BCUT2D eigenvalue weighted by molar-refractivity contribution is -0.146. The number of nitrogens with one attached hydrogen (secondary N) is 2. The van der Waals surface area contributed by atoms with Crippen molar-refractivity contribution in [3.8, 4) is 0 Å².